The maximum atomic E-state index is 12.9. The summed E-state index contributed by atoms with van der Waals surface area (Å²) in [5.74, 6) is 0.814. The van der Waals surface area contributed by atoms with Crippen molar-refractivity contribution in [2.24, 2.45) is 0 Å². The van der Waals surface area contributed by atoms with Gasteiger partial charge in [0.25, 0.3) is 0 Å². The van der Waals surface area contributed by atoms with Gasteiger partial charge in [-0.25, -0.2) is 8.42 Å². The highest BCUT2D eigenvalue weighted by Crippen LogP contribution is 2.37. The summed E-state index contributed by atoms with van der Waals surface area (Å²) in [6.07, 6.45) is 0. The predicted octanol–water partition coefficient (Wildman–Crippen LogP) is 3.31. The fourth-order valence-electron chi connectivity index (χ4n) is 2.19. The Morgan fingerprint density at radius 3 is 2.40 bits per heavy atom. The second kappa shape index (κ2) is 6.16. The average molecular weight is 444 g/mol. The van der Waals surface area contributed by atoms with Crippen LogP contribution in [0.25, 0.3) is 0 Å². The van der Waals surface area contributed by atoms with Crippen molar-refractivity contribution in [3.8, 4) is 0 Å². The molecule has 0 aromatic heterocycles. The first kappa shape index (κ1) is 16.6. The van der Waals surface area contributed by atoms with E-state index in [2.05, 4.69) is 38.8 Å². The highest BCUT2D eigenvalue weighted by molar-refractivity contribution is 9.11. The van der Waals surface area contributed by atoms with Crippen LogP contribution in [0, 0.1) is 0 Å². The molecule has 2 unspecified atom stereocenters. The Labute approximate surface area is 140 Å². The van der Waals surface area contributed by atoms with Crippen molar-refractivity contribution in [2.75, 3.05) is 18.0 Å². The molecule has 0 saturated carbocycles. The van der Waals surface area contributed by atoms with Crippen molar-refractivity contribution < 1.29 is 8.42 Å². The molecule has 1 heterocycles. The molecule has 0 amide bonds. The van der Waals surface area contributed by atoms with Crippen LogP contribution >= 0.6 is 43.6 Å². The number of benzene rings is 1. The summed E-state index contributed by atoms with van der Waals surface area (Å²) in [5.41, 5.74) is 6.24. The number of hydrogen-bond acceptors (Lipinski definition) is 4. The lowest BCUT2D eigenvalue weighted by atomic mass is 10.2. The van der Waals surface area contributed by atoms with E-state index in [9.17, 15) is 8.42 Å². The molecule has 0 aliphatic carbocycles. The van der Waals surface area contributed by atoms with Crippen LogP contribution in [-0.4, -0.2) is 36.3 Å². The fraction of sp³-hybridized carbons (Fsp3) is 0.500. The minimum atomic E-state index is -3.55. The molecule has 0 spiro atoms. The van der Waals surface area contributed by atoms with Crippen LogP contribution in [0.2, 0.25) is 0 Å². The SMILES string of the molecule is CC1SCCN(S(=O)(=O)c2c(Br)cc(N)cc2Br)C1C. The summed E-state index contributed by atoms with van der Waals surface area (Å²) in [7, 11) is -3.55. The van der Waals surface area contributed by atoms with Gasteiger partial charge in [-0.2, -0.15) is 16.1 Å². The molecular formula is C12H16Br2N2O2S2. The number of nitrogens with two attached hydrogens (primary N) is 1. The van der Waals surface area contributed by atoms with E-state index in [0.717, 1.165) is 5.75 Å². The Hall–Kier alpha value is 0.240. The number of anilines is 1. The molecule has 2 rings (SSSR count). The van der Waals surface area contributed by atoms with Gasteiger partial charge in [0.15, 0.2) is 0 Å². The third-order valence-corrected chi connectivity index (χ3v) is 8.62. The smallest absolute Gasteiger partial charge is 0.245 e. The molecular weight excluding hydrogens is 428 g/mol. The number of nitrogen functional groups attached to an aromatic ring is 1. The van der Waals surface area contributed by atoms with Crippen molar-refractivity contribution in [3.05, 3.63) is 21.1 Å². The summed E-state index contributed by atoms with van der Waals surface area (Å²) in [5, 5.41) is 0.282. The number of thioether (sulfide) groups is 1. The first-order chi connectivity index (χ1) is 9.25. The molecule has 20 heavy (non-hydrogen) atoms. The molecule has 2 atom stereocenters. The standard InChI is InChI=1S/C12H16Br2N2O2S2/c1-7-8(2)19-4-3-16(7)20(17,18)12-10(13)5-9(15)6-11(12)14/h5-8H,3-4,15H2,1-2H3. The Kier molecular flexibility index (Phi) is 5.11. The van der Waals surface area contributed by atoms with E-state index in [1.165, 1.54) is 0 Å². The van der Waals surface area contributed by atoms with Crippen molar-refractivity contribution in [3.63, 3.8) is 0 Å². The quantitative estimate of drug-likeness (QED) is 0.712. The number of hydrogen-bond donors (Lipinski definition) is 1. The average Bonchev–Trinajstić information content (AvgIpc) is 2.30. The van der Waals surface area contributed by atoms with E-state index in [1.54, 1.807) is 28.2 Å². The maximum Gasteiger partial charge on any atom is 0.245 e. The number of halogens is 2. The predicted molar refractivity (Wildman–Crippen MR) is 91.5 cm³/mol. The Morgan fingerprint density at radius 1 is 1.30 bits per heavy atom. The molecule has 2 N–H and O–H groups in total. The number of nitrogens with zero attached hydrogens (tertiary/aromatic N) is 1. The van der Waals surface area contributed by atoms with Crippen molar-refractivity contribution >= 4 is 59.3 Å². The van der Waals surface area contributed by atoms with Gasteiger partial charge in [-0.3, -0.25) is 0 Å². The number of rotatable bonds is 2. The van der Waals surface area contributed by atoms with Crippen molar-refractivity contribution in [1.82, 2.24) is 4.31 Å². The van der Waals surface area contributed by atoms with Gasteiger partial charge in [0.05, 0.1) is 0 Å². The zero-order valence-corrected chi connectivity index (χ0v) is 15.9. The molecule has 1 saturated heterocycles. The molecule has 0 bridgehead atoms. The van der Waals surface area contributed by atoms with Crippen molar-refractivity contribution in [2.45, 2.75) is 30.0 Å². The first-order valence-corrected chi connectivity index (χ1v) is 10.2. The van der Waals surface area contributed by atoms with Gasteiger partial charge in [-0.15, -0.1) is 0 Å². The van der Waals surface area contributed by atoms with Crippen LogP contribution < -0.4 is 5.73 Å². The monoisotopic (exact) mass is 442 g/mol. The van der Waals surface area contributed by atoms with E-state index in [-0.39, 0.29) is 16.2 Å². The number of sulfonamides is 1. The minimum absolute atomic E-state index is 0.0323. The molecule has 1 aromatic rings. The summed E-state index contributed by atoms with van der Waals surface area (Å²) >= 11 is 8.43. The van der Waals surface area contributed by atoms with E-state index in [4.69, 9.17) is 5.73 Å². The third kappa shape index (κ3) is 3.04. The fourth-order valence-corrected chi connectivity index (χ4v) is 7.73. The van der Waals surface area contributed by atoms with E-state index >= 15 is 0 Å². The minimum Gasteiger partial charge on any atom is -0.399 e. The summed E-state index contributed by atoms with van der Waals surface area (Å²) in [4.78, 5) is 0.248. The molecule has 1 aromatic carbocycles. The van der Waals surface area contributed by atoms with E-state index in [1.807, 2.05) is 6.92 Å². The van der Waals surface area contributed by atoms with Gasteiger partial charge < -0.3 is 5.73 Å². The van der Waals surface area contributed by atoms with Gasteiger partial charge >= 0.3 is 0 Å². The van der Waals surface area contributed by atoms with Gasteiger partial charge in [0.1, 0.15) is 4.90 Å². The topological polar surface area (TPSA) is 63.4 Å². The van der Waals surface area contributed by atoms with Crippen LogP contribution in [0.3, 0.4) is 0 Å². The first-order valence-electron chi connectivity index (χ1n) is 6.13. The molecule has 1 fully saturated rings. The van der Waals surface area contributed by atoms with Crippen LogP contribution in [-0.2, 0) is 10.0 Å². The van der Waals surface area contributed by atoms with Crippen LogP contribution in [0.4, 0.5) is 5.69 Å². The van der Waals surface area contributed by atoms with Gasteiger partial charge in [-0.1, -0.05) is 6.92 Å². The maximum absolute atomic E-state index is 12.9. The molecule has 0 radical (unpaired) electrons. The second-order valence-corrected chi connectivity index (χ2v) is 9.77. The lowest BCUT2D eigenvalue weighted by molar-refractivity contribution is 0.340. The van der Waals surface area contributed by atoms with Gasteiger partial charge in [0, 0.05) is 38.2 Å². The molecule has 4 nitrogen and oxygen atoms in total. The molecule has 8 heteroatoms. The normalized spacial score (nSPS) is 24.8. The lowest BCUT2D eigenvalue weighted by Gasteiger charge is -2.36. The Bertz CT molecular complexity index is 599. The third-order valence-electron chi connectivity index (χ3n) is 3.41. The highest BCUT2D eigenvalue weighted by Gasteiger charge is 2.37. The van der Waals surface area contributed by atoms with Crippen LogP contribution in [0.15, 0.2) is 26.0 Å². The van der Waals surface area contributed by atoms with Crippen LogP contribution in [0.5, 0.6) is 0 Å². The van der Waals surface area contributed by atoms with E-state index in [0.29, 0.717) is 21.2 Å². The largest absolute Gasteiger partial charge is 0.399 e. The molecule has 1 aliphatic heterocycles. The highest BCUT2D eigenvalue weighted by atomic mass is 79.9. The zero-order valence-electron chi connectivity index (χ0n) is 11.1. The van der Waals surface area contributed by atoms with Crippen molar-refractivity contribution in [1.29, 1.82) is 0 Å². The Morgan fingerprint density at radius 2 is 1.85 bits per heavy atom. The second-order valence-electron chi connectivity index (χ2n) is 4.75. The van der Waals surface area contributed by atoms with Gasteiger partial charge in [0.2, 0.25) is 10.0 Å². The molecule has 1 aliphatic rings. The summed E-state index contributed by atoms with van der Waals surface area (Å²) in [6, 6.07) is 3.20. The lowest BCUT2D eigenvalue weighted by Crippen LogP contribution is -2.47. The summed E-state index contributed by atoms with van der Waals surface area (Å²) in [6.45, 7) is 4.54. The van der Waals surface area contributed by atoms with Gasteiger partial charge in [-0.05, 0) is 50.9 Å². The Balaban J connectivity index is 2.50. The van der Waals surface area contributed by atoms with E-state index < -0.39 is 10.0 Å². The summed E-state index contributed by atoms with van der Waals surface area (Å²) < 4.78 is 28.4. The molecule has 112 valence electrons. The zero-order chi connectivity index (χ0) is 15.1. The van der Waals surface area contributed by atoms with Crippen LogP contribution in [0.1, 0.15) is 13.8 Å².